The highest BCUT2D eigenvalue weighted by molar-refractivity contribution is 9.09. The largest absolute Gasteiger partial charge is 0.490 e. The van der Waals surface area contributed by atoms with Gasteiger partial charge >= 0.3 is 29.2 Å². The molecule has 7 N–H and O–H groups in total. The summed E-state index contributed by atoms with van der Waals surface area (Å²) in [6.07, 6.45) is -5.07. The predicted molar refractivity (Wildman–Crippen MR) is 100 cm³/mol. The second-order valence-electron chi connectivity index (χ2n) is 6.00. The van der Waals surface area contributed by atoms with Crippen molar-refractivity contribution >= 4 is 45.2 Å². The van der Waals surface area contributed by atoms with Crippen molar-refractivity contribution in [3.8, 4) is 0 Å². The van der Waals surface area contributed by atoms with Crippen LogP contribution in [0.3, 0.4) is 0 Å². The summed E-state index contributed by atoms with van der Waals surface area (Å²) in [5, 5.41) is 9.81. The standard InChI is InChI=1S/C10H16BrFN3O13P3/c11-3-10(4-25-30(21,22)28-31(23,24)27-29(18,19)20)7(16)6(12)8(26-10)15-2-1-5(13)14-9(15)17/h1-2,6-8,16H,3-4H2,(H,21,22)(H,23,24)(H2,13,14,17)(H2,18,19,20)/t6-,7-,8-,10-/m1/s1. The van der Waals surface area contributed by atoms with Crippen LogP contribution in [0.4, 0.5) is 10.2 Å². The highest BCUT2D eigenvalue weighted by atomic mass is 79.9. The fourth-order valence-corrected chi connectivity index (χ4v) is 6.12. The molecule has 2 rings (SSSR count). The van der Waals surface area contributed by atoms with Gasteiger partial charge in [-0.25, -0.2) is 22.9 Å². The lowest BCUT2D eigenvalue weighted by Gasteiger charge is -2.30. The molecule has 0 amide bonds. The highest BCUT2D eigenvalue weighted by Gasteiger charge is 2.57. The molecule has 0 saturated carbocycles. The number of aliphatic hydroxyl groups is 1. The summed E-state index contributed by atoms with van der Waals surface area (Å²) in [6.45, 7) is -1.16. The SMILES string of the molecule is Nc1ccn([C@@H]2O[C@](CBr)(COP(=O)(O)OP(=O)(O)OP(=O)(O)O)[C@H](O)[C@H]2F)c(=O)n1. The number of aromatic nitrogens is 2. The average molecular weight is 578 g/mol. The Morgan fingerprint density at radius 2 is 1.87 bits per heavy atom. The number of anilines is 1. The van der Waals surface area contributed by atoms with Gasteiger partial charge in [-0.05, 0) is 6.07 Å². The maximum absolute atomic E-state index is 14.7. The van der Waals surface area contributed by atoms with Crippen LogP contribution in [0.15, 0.2) is 17.1 Å². The van der Waals surface area contributed by atoms with Crippen LogP contribution in [0.25, 0.3) is 0 Å². The van der Waals surface area contributed by atoms with Gasteiger partial charge in [0.05, 0.1) is 6.61 Å². The van der Waals surface area contributed by atoms with Gasteiger partial charge in [-0.15, -0.1) is 0 Å². The van der Waals surface area contributed by atoms with Gasteiger partial charge in [-0.1, -0.05) is 15.9 Å². The molecule has 2 heterocycles. The molecule has 0 aromatic carbocycles. The van der Waals surface area contributed by atoms with Gasteiger partial charge in [-0.2, -0.15) is 13.6 Å². The van der Waals surface area contributed by atoms with Crippen molar-refractivity contribution in [2.75, 3.05) is 17.7 Å². The monoisotopic (exact) mass is 577 g/mol. The second kappa shape index (κ2) is 9.35. The molecule has 1 aliphatic rings. The lowest BCUT2D eigenvalue weighted by molar-refractivity contribution is -0.111. The Labute approximate surface area is 180 Å². The molecule has 1 aromatic heterocycles. The number of alkyl halides is 2. The first-order chi connectivity index (χ1) is 14.0. The number of halogens is 2. The maximum Gasteiger partial charge on any atom is 0.490 e. The van der Waals surface area contributed by atoms with Gasteiger partial charge < -0.3 is 35.2 Å². The zero-order valence-corrected chi connectivity index (χ0v) is 19.1. The Bertz CT molecular complexity index is 1020. The summed E-state index contributed by atoms with van der Waals surface area (Å²) in [6, 6.07) is 1.14. The van der Waals surface area contributed by atoms with E-state index in [0.717, 1.165) is 12.3 Å². The Morgan fingerprint density at radius 1 is 1.26 bits per heavy atom. The Balaban J connectivity index is 2.20. The number of rotatable bonds is 9. The summed E-state index contributed by atoms with van der Waals surface area (Å²) in [5.74, 6) is -0.172. The molecule has 178 valence electrons. The molecular weight excluding hydrogens is 562 g/mol. The number of hydrogen-bond acceptors (Lipinski definition) is 11. The van der Waals surface area contributed by atoms with Crippen LogP contribution < -0.4 is 11.4 Å². The van der Waals surface area contributed by atoms with Gasteiger partial charge in [0, 0.05) is 11.5 Å². The third-order valence-electron chi connectivity index (χ3n) is 3.71. The topological polar surface area (TPSA) is 250 Å². The molecule has 0 spiro atoms. The average Bonchev–Trinajstić information content (AvgIpc) is 2.82. The third-order valence-corrected chi connectivity index (χ3v) is 8.44. The molecule has 1 fully saturated rings. The van der Waals surface area contributed by atoms with E-state index < -0.39 is 65.2 Å². The zero-order valence-electron chi connectivity index (χ0n) is 14.9. The van der Waals surface area contributed by atoms with Gasteiger partial charge in [0.15, 0.2) is 12.4 Å². The number of phosphoric acid groups is 3. The van der Waals surface area contributed by atoms with Crippen molar-refractivity contribution in [1.82, 2.24) is 9.55 Å². The van der Waals surface area contributed by atoms with Crippen molar-refractivity contribution in [3.05, 3.63) is 22.7 Å². The van der Waals surface area contributed by atoms with Crippen LogP contribution in [0, 0.1) is 0 Å². The molecular formula is C10H16BrFN3O13P3. The first-order valence-electron chi connectivity index (χ1n) is 7.70. The van der Waals surface area contributed by atoms with E-state index in [4.69, 9.17) is 25.2 Å². The van der Waals surface area contributed by atoms with Crippen molar-refractivity contribution in [2.45, 2.75) is 24.1 Å². The molecule has 1 aromatic rings. The van der Waals surface area contributed by atoms with Crippen LogP contribution in [0.5, 0.6) is 0 Å². The zero-order chi connectivity index (χ0) is 23.8. The molecule has 0 radical (unpaired) electrons. The van der Waals surface area contributed by atoms with E-state index in [1.165, 1.54) is 0 Å². The van der Waals surface area contributed by atoms with Crippen LogP contribution in [-0.2, 0) is 31.6 Å². The molecule has 2 unspecified atom stereocenters. The number of phosphoric ester groups is 1. The molecule has 1 aliphatic heterocycles. The van der Waals surface area contributed by atoms with E-state index in [2.05, 4.69) is 34.1 Å². The van der Waals surface area contributed by atoms with Crippen LogP contribution >= 0.6 is 39.4 Å². The lowest BCUT2D eigenvalue weighted by atomic mass is 9.99. The summed E-state index contributed by atoms with van der Waals surface area (Å²) >= 11 is 2.90. The third kappa shape index (κ3) is 6.71. The number of ether oxygens (including phenoxy) is 1. The summed E-state index contributed by atoms with van der Waals surface area (Å²) < 4.78 is 66.1. The van der Waals surface area contributed by atoms with Gasteiger partial charge in [0.1, 0.15) is 17.5 Å². The number of nitrogen functional groups attached to an aromatic ring is 1. The minimum Gasteiger partial charge on any atom is -0.387 e. The summed E-state index contributed by atoms with van der Waals surface area (Å²) in [5.41, 5.74) is 2.18. The van der Waals surface area contributed by atoms with E-state index in [0.29, 0.717) is 4.57 Å². The Kier molecular flexibility index (Phi) is 8.04. The number of nitrogens with zero attached hydrogens (tertiary/aromatic N) is 2. The first kappa shape index (κ1) is 26.7. The van der Waals surface area contributed by atoms with Crippen LogP contribution in [0.1, 0.15) is 6.23 Å². The van der Waals surface area contributed by atoms with Crippen LogP contribution in [-0.4, -0.2) is 64.0 Å². The van der Waals surface area contributed by atoms with Crippen LogP contribution in [0.2, 0.25) is 0 Å². The predicted octanol–water partition coefficient (Wildman–Crippen LogP) is -0.470. The minimum atomic E-state index is -5.78. The van der Waals surface area contributed by atoms with E-state index in [-0.39, 0.29) is 5.82 Å². The Hall–Kier alpha value is -0.580. The van der Waals surface area contributed by atoms with E-state index in [9.17, 15) is 32.9 Å². The van der Waals surface area contributed by atoms with E-state index >= 15 is 0 Å². The maximum atomic E-state index is 14.7. The summed E-state index contributed by atoms with van der Waals surface area (Å²) in [4.78, 5) is 51.0. The minimum absolute atomic E-state index is 0.172. The summed E-state index contributed by atoms with van der Waals surface area (Å²) in [7, 11) is -17.0. The Morgan fingerprint density at radius 3 is 2.39 bits per heavy atom. The number of hydrogen-bond donors (Lipinski definition) is 6. The van der Waals surface area contributed by atoms with Crippen molar-refractivity contribution < 1.29 is 60.6 Å². The molecule has 1 saturated heterocycles. The second-order valence-corrected chi connectivity index (χ2v) is 11.0. The molecule has 16 nitrogen and oxygen atoms in total. The molecule has 31 heavy (non-hydrogen) atoms. The quantitative estimate of drug-likeness (QED) is 0.160. The highest BCUT2D eigenvalue weighted by Crippen LogP contribution is 2.66. The molecule has 21 heteroatoms. The van der Waals surface area contributed by atoms with Gasteiger partial charge in [0.2, 0.25) is 0 Å². The van der Waals surface area contributed by atoms with Crippen molar-refractivity contribution in [2.24, 2.45) is 0 Å². The van der Waals surface area contributed by atoms with Gasteiger partial charge in [-0.3, -0.25) is 9.09 Å². The van der Waals surface area contributed by atoms with Crippen molar-refractivity contribution in [3.63, 3.8) is 0 Å². The fourth-order valence-electron chi connectivity index (χ4n) is 2.41. The first-order valence-corrected chi connectivity index (χ1v) is 13.3. The lowest BCUT2D eigenvalue weighted by Crippen LogP contribution is -2.47. The smallest absolute Gasteiger partial charge is 0.387 e. The molecule has 0 bridgehead atoms. The molecule has 6 atom stereocenters. The normalized spacial score (nSPS) is 30.6. The van der Waals surface area contributed by atoms with E-state index in [1.807, 2.05) is 0 Å². The fraction of sp³-hybridized carbons (Fsp3) is 0.600. The number of aliphatic hydroxyl groups excluding tert-OH is 1. The van der Waals surface area contributed by atoms with Gasteiger partial charge in [0.25, 0.3) is 0 Å². The van der Waals surface area contributed by atoms with Crippen molar-refractivity contribution in [1.29, 1.82) is 0 Å². The molecule has 0 aliphatic carbocycles. The van der Waals surface area contributed by atoms with E-state index in [1.54, 1.807) is 0 Å². The number of nitrogens with two attached hydrogens (primary N) is 1.